The number of alkyl halides is 1. The van der Waals surface area contributed by atoms with Gasteiger partial charge in [-0.2, -0.15) is 0 Å². The molecule has 0 radical (unpaired) electrons. The lowest BCUT2D eigenvalue weighted by Gasteiger charge is -2.21. The molecule has 3 nitrogen and oxygen atoms in total. The summed E-state index contributed by atoms with van der Waals surface area (Å²) in [6, 6.07) is 5.87. The van der Waals surface area contributed by atoms with E-state index in [9.17, 15) is 9.59 Å². The van der Waals surface area contributed by atoms with Gasteiger partial charge in [-0.15, -0.1) is 11.6 Å². The van der Waals surface area contributed by atoms with E-state index in [4.69, 9.17) is 11.6 Å². The number of amides is 2. The van der Waals surface area contributed by atoms with Crippen molar-refractivity contribution in [1.82, 2.24) is 0 Å². The third-order valence-corrected chi connectivity index (χ3v) is 3.62. The number of benzene rings is 1. The van der Waals surface area contributed by atoms with Crippen LogP contribution in [0.1, 0.15) is 31.4 Å². The summed E-state index contributed by atoms with van der Waals surface area (Å²) in [5.74, 6) is -0.493. The van der Waals surface area contributed by atoms with Gasteiger partial charge in [0.2, 0.25) is 5.91 Å². The monoisotopic (exact) mass is 265 g/mol. The van der Waals surface area contributed by atoms with Crippen molar-refractivity contribution in [2.24, 2.45) is 0 Å². The van der Waals surface area contributed by atoms with Crippen LogP contribution in [0, 0.1) is 0 Å². The summed E-state index contributed by atoms with van der Waals surface area (Å²) in [6.45, 7) is 4.03. The number of anilines is 1. The molecule has 1 atom stereocenters. The molecule has 1 unspecified atom stereocenters. The molecule has 0 saturated carbocycles. The molecule has 4 heteroatoms. The molecule has 0 spiro atoms. The van der Waals surface area contributed by atoms with Crippen molar-refractivity contribution in [2.75, 3.05) is 4.90 Å². The molecule has 1 heterocycles. The van der Waals surface area contributed by atoms with E-state index in [0.29, 0.717) is 0 Å². The zero-order valence-corrected chi connectivity index (χ0v) is 11.3. The maximum absolute atomic E-state index is 12.0. The Bertz CT molecular complexity index is 476. The van der Waals surface area contributed by atoms with Crippen molar-refractivity contribution in [3.05, 3.63) is 29.3 Å². The zero-order valence-electron chi connectivity index (χ0n) is 10.6. The summed E-state index contributed by atoms with van der Waals surface area (Å²) in [5.41, 5.74) is 2.78. The summed E-state index contributed by atoms with van der Waals surface area (Å²) in [7, 11) is 0. The first-order chi connectivity index (χ1) is 8.60. The third kappa shape index (κ3) is 2.03. The Kier molecular flexibility index (Phi) is 3.71. The second kappa shape index (κ2) is 5.11. The molecule has 1 aromatic carbocycles. The number of para-hydroxylation sites is 1. The average molecular weight is 266 g/mol. The van der Waals surface area contributed by atoms with Crippen LogP contribution < -0.4 is 4.90 Å². The maximum Gasteiger partial charge on any atom is 0.252 e. The number of carbonyl (C=O) groups excluding carboxylic acids is 2. The highest BCUT2D eigenvalue weighted by Gasteiger charge is 2.39. The lowest BCUT2D eigenvalue weighted by atomic mass is 10.0. The number of aryl methyl sites for hydroxylation is 2. The fraction of sp³-hybridized carbons (Fsp3) is 0.429. The standard InChI is InChI=1S/C14H16ClNO2/c1-3-9-6-5-7-10(4-2)13(9)16-12(17)8-11(15)14(16)18/h5-7,11H,3-4,8H2,1-2H3. The molecule has 18 heavy (non-hydrogen) atoms. The zero-order chi connectivity index (χ0) is 13.3. The number of imide groups is 1. The Morgan fingerprint density at radius 3 is 2.17 bits per heavy atom. The topological polar surface area (TPSA) is 37.4 Å². The highest BCUT2D eigenvalue weighted by atomic mass is 35.5. The molecule has 1 aliphatic rings. The minimum Gasteiger partial charge on any atom is -0.274 e. The number of hydrogen-bond donors (Lipinski definition) is 0. The molecule has 1 aromatic rings. The number of carbonyl (C=O) groups is 2. The van der Waals surface area contributed by atoms with Gasteiger partial charge in [-0.3, -0.25) is 9.59 Å². The van der Waals surface area contributed by atoms with Gasteiger partial charge < -0.3 is 0 Å². The van der Waals surface area contributed by atoms with Gasteiger partial charge in [0.15, 0.2) is 0 Å². The van der Waals surface area contributed by atoms with Gasteiger partial charge in [0, 0.05) is 0 Å². The Hall–Kier alpha value is -1.35. The molecular weight excluding hydrogens is 250 g/mol. The lowest BCUT2D eigenvalue weighted by Crippen LogP contribution is -2.32. The van der Waals surface area contributed by atoms with E-state index in [0.717, 1.165) is 29.7 Å². The molecule has 96 valence electrons. The van der Waals surface area contributed by atoms with Gasteiger partial charge in [-0.1, -0.05) is 32.0 Å². The first-order valence-corrected chi connectivity index (χ1v) is 6.65. The number of nitrogens with zero attached hydrogens (tertiary/aromatic N) is 1. The average Bonchev–Trinajstić information content (AvgIpc) is 2.62. The van der Waals surface area contributed by atoms with Crippen LogP contribution in [0.25, 0.3) is 0 Å². The van der Waals surface area contributed by atoms with Crippen LogP contribution in [0.3, 0.4) is 0 Å². The van der Waals surface area contributed by atoms with Crippen LogP contribution in [-0.4, -0.2) is 17.2 Å². The molecule has 0 aromatic heterocycles. The Balaban J connectivity index is 2.56. The van der Waals surface area contributed by atoms with Gasteiger partial charge in [0.1, 0.15) is 5.38 Å². The normalized spacial score (nSPS) is 19.7. The van der Waals surface area contributed by atoms with E-state index in [1.165, 1.54) is 4.90 Å². The lowest BCUT2D eigenvalue weighted by molar-refractivity contribution is -0.121. The molecule has 0 N–H and O–H groups in total. The van der Waals surface area contributed by atoms with Crippen LogP contribution >= 0.6 is 11.6 Å². The van der Waals surface area contributed by atoms with E-state index in [2.05, 4.69) is 0 Å². The van der Waals surface area contributed by atoms with E-state index >= 15 is 0 Å². The quantitative estimate of drug-likeness (QED) is 0.622. The highest BCUT2D eigenvalue weighted by molar-refractivity contribution is 6.41. The summed E-state index contributed by atoms with van der Waals surface area (Å²) in [6.07, 6.45) is 1.67. The molecule has 1 fully saturated rings. The van der Waals surface area contributed by atoms with Gasteiger partial charge in [0.05, 0.1) is 12.1 Å². The molecule has 0 aliphatic carbocycles. The second-order valence-corrected chi connectivity index (χ2v) is 4.90. The number of hydrogen-bond acceptors (Lipinski definition) is 2. The fourth-order valence-electron chi connectivity index (χ4n) is 2.33. The number of halogens is 1. The summed E-state index contributed by atoms with van der Waals surface area (Å²) >= 11 is 5.88. The minimum absolute atomic E-state index is 0.0988. The minimum atomic E-state index is -0.716. The predicted octanol–water partition coefficient (Wildman–Crippen LogP) is 2.68. The fourth-order valence-corrected chi connectivity index (χ4v) is 2.56. The van der Waals surface area contributed by atoms with Crippen LogP contribution in [0.4, 0.5) is 5.69 Å². The summed E-state index contributed by atoms with van der Waals surface area (Å²) < 4.78 is 0. The van der Waals surface area contributed by atoms with E-state index in [1.807, 2.05) is 32.0 Å². The molecule has 1 saturated heterocycles. The van der Waals surface area contributed by atoms with Crippen LogP contribution in [0.2, 0.25) is 0 Å². The molecule has 2 amide bonds. The van der Waals surface area contributed by atoms with E-state index in [-0.39, 0.29) is 18.2 Å². The van der Waals surface area contributed by atoms with Gasteiger partial charge >= 0.3 is 0 Å². The molecule has 1 aliphatic heterocycles. The molecular formula is C14H16ClNO2. The molecule has 2 rings (SSSR count). The van der Waals surface area contributed by atoms with Crippen molar-refractivity contribution >= 4 is 29.1 Å². The van der Waals surface area contributed by atoms with Gasteiger partial charge in [-0.05, 0) is 24.0 Å². The largest absolute Gasteiger partial charge is 0.274 e. The SMILES string of the molecule is CCc1cccc(CC)c1N1C(=O)CC(Cl)C1=O. The smallest absolute Gasteiger partial charge is 0.252 e. The first kappa shape index (κ1) is 13.1. The summed E-state index contributed by atoms with van der Waals surface area (Å²) in [4.78, 5) is 25.3. The van der Waals surface area contributed by atoms with Crippen LogP contribution in [-0.2, 0) is 22.4 Å². The third-order valence-electron chi connectivity index (χ3n) is 3.28. The highest BCUT2D eigenvalue weighted by Crippen LogP contribution is 2.32. The summed E-state index contributed by atoms with van der Waals surface area (Å²) in [5, 5.41) is -0.716. The Morgan fingerprint density at radius 1 is 1.22 bits per heavy atom. The van der Waals surface area contributed by atoms with Crippen LogP contribution in [0.15, 0.2) is 18.2 Å². The Morgan fingerprint density at radius 2 is 1.78 bits per heavy atom. The second-order valence-electron chi connectivity index (χ2n) is 4.37. The van der Waals surface area contributed by atoms with E-state index in [1.54, 1.807) is 0 Å². The van der Waals surface area contributed by atoms with Crippen molar-refractivity contribution < 1.29 is 9.59 Å². The first-order valence-electron chi connectivity index (χ1n) is 6.21. The number of rotatable bonds is 3. The van der Waals surface area contributed by atoms with Crippen molar-refractivity contribution in [1.29, 1.82) is 0 Å². The van der Waals surface area contributed by atoms with Crippen molar-refractivity contribution in [3.8, 4) is 0 Å². The van der Waals surface area contributed by atoms with Crippen molar-refractivity contribution in [2.45, 2.75) is 38.5 Å². The molecule has 0 bridgehead atoms. The van der Waals surface area contributed by atoms with Crippen LogP contribution in [0.5, 0.6) is 0 Å². The Labute approximate surface area is 112 Å². The van der Waals surface area contributed by atoms with E-state index < -0.39 is 5.38 Å². The van der Waals surface area contributed by atoms with Crippen molar-refractivity contribution in [3.63, 3.8) is 0 Å². The predicted molar refractivity (Wildman–Crippen MR) is 71.9 cm³/mol. The van der Waals surface area contributed by atoms with Gasteiger partial charge in [-0.25, -0.2) is 4.90 Å². The maximum atomic E-state index is 12.0. The van der Waals surface area contributed by atoms with Gasteiger partial charge in [0.25, 0.3) is 5.91 Å².